The molecule has 1 aliphatic carbocycles. The van der Waals surface area contributed by atoms with Crippen LogP contribution in [-0.2, 0) is 0 Å². The van der Waals surface area contributed by atoms with Crippen LogP contribution in [0.25, 0.3) is 0 Å². The molecule has 0 spiro atoms. The van der Waals surface area contributed by atoms with Crippen molar-refractivity contribution in [1.82, 2.24) is 4.98 Å². The number of pyridine rings is 1. The molecule has 1 N–H and O–H groups in total. The molecule has 0 amide bonds. The molecule has 1 aliphatic rings. The molecule has 88 valence electrons. The second kappa shape index (κ2) is 5.74. The standard InChI is InChI=1S/C12H16Cl2N2/c13-8-9-4-1-2-6-11(9)16-12-10(14)5-3-7-15-12/h3,5,7,9,11H,1-2,4,6,8H2,(H,15,16). The lowest BCUT2D eigenvalue weighted by molar-refractivity contribution is 0.352. The Balaban J connectivity index is 2.05. The van der Waals surface area contributed by atoms with Crippen molar-refractivity contribution in [2.45, 2.75) is 31.7 Å². The summed E-state index contributed by atoms with van der Waals surface area (Å²) in [6.45, 7) is 0. The van der Waals surface area contributed by atoms with Gasteiger partial charge in [-0.05, 0) is 30.9 Å². The lowest BCUT2D eigenvalue weighted by atomic mass is 9.86. The highest BCUT2D eigenvalue weighted by molar-refractivity contribution is 6.32. The molecule has 0 aromatic carbocycles. The van der Waals surface area contributed by atoms with E-state index in [4.69, 9.17) is 23.2 Å². The summed E-state index contributed by atoms with van der Waals surface area (Å²) in [7, 11) is 0. The normalized spacial score (nSPS) is 25.4. The third-order valence-corrected chi connectivity index (χ3v) is 3.89. The molecule has 1 saturated carbocycles. The molecule has 1 fully saturated rings. The number of aromatic nitrogens is 1. The number of hydrogen-bond acceptors (Lipinski definition) is 2. The van der Waals surface area contributed by atoms with Crippen LogP contribution in [-0.4, -0.2) is 16.9 Å². The second-order valence-corrected chi connectivity index (χ2v) is 5.00. The first-order chi connectivity index (χ1) is 7.81. The Morgan fingerprint density at radius 3 is 2.94 bits per heavy atom. The van der Waals surface area contributed by atoms with E-state index in [1.165, 1.54) is 19.3 Å². The van der Waals surface area contributed by atoms with Gasteiger partial charge in [-0.3, -0.25) is 0 Å². The number of hydrogen-bond donors (Lipinski definition) is 1. The number of nitrogens with zero attached hydrogens (tertiary/aromatic N) is 1. The number of alkyl halides is 1. The van der Waals surface area contributed by atoms with E-state index in [-0.39, 0.29) is 0 Å². The summed E-state index contributed by atoms with van der Waals surface area (Å²) in [6, 6.07) is 4.11. The maximum atomic E-state index is 6.08. The van der Waals surface area contributed by atoms with Crippen molar-refractivity contribution >= 4 is 29.0 Å². The summed E-state index contributed by atoms with van der Waals surface area (Å²) in [6.07, 6.45) is 6.66. The van der Waals surface area contributed by atoms with Crippen LogP contribution in [0.15, 0.2) is 18.3 Å². The Labute approximate surface area is 106 Å². The fourth-order valence-electron chi connectivity index (χ4n) is 2.25. The first-order valence-corrected chi connectivity index (χ1v) is 6.65. The van der Waals surface area contributed by atoms with Crippen LogP contribution in [0.2, 0.25) is 5.02 Å². The molecular weight excluding hydrogens is 243 g/mol. The van der Waals surface area contributed by atoms with Crippen molar-refractivity contribution in [2.75, 3.05) is 11.2 Å². The number of anilines is 1. The van der Waals surface area contributed by atoms with Crippen molar-refractivity contribution in [3.05, 3.63) is 23.4 Å². The molecule has 0 radical (unpaired) electrons. The van der Waals surface area contributed by atoms with Gasteiger partial charge in [0.05, 0.1) is 5.02 Å². The zero-order chi connectivity index (χ0) is 11.4. The smallest absolute Gasteiger partial charge is 0.144 e. The van der Waals surface area contributed by atoms with Gasteiger partial charge in [0.2, 0.25) is 0 Å². The van der Waals surface area contributed by atoms with Crippen molar-refractivity contribution < 1.29 is 0 Å². The van der Waals surface area contributed by atoms with Crippen LogP contribution in [0.5, 0.6) is 0 Å². The van der Waals surface area contributed by atoms with Crippen LogP contribution in [0.3, 0.4) is 0 Å². The van der Waals surface area contributed by atoms with E-state index in [1.807, 2.05) is 12.1 Å². The fraction of sp³-hybridized carbons (Fsp3) is 0.583. The summed E-state index contributed by atoms with van der Waals surface area (Å²) in [5.41, 5.74) is 0. The lowest BCUT2D eigenvalue weighted by Crippen LogP contribution is -2.33. The Bertz CT molecular complexity index is 344. The highest BCUT2D eigenvalue weighted by Gasteiger charge is 2.24. The minimum atomic E-state index is 0.415. The maximum Gasteiger partial charge on any atom is 0.144 e. The van der Waals surface area contributed by atoms with Gasteiger partial charge >= 0.3 is 0 Å². The third-order valence-electron chi connectivity index (χ3n) is 3.19. The average molecular weight is 259 g/mol. The third kappa shape index (κ3) is 2.80. The Kier molecular flexibility index (Phi) is 4.30. The summed E-state index contributed by atoms with van der Waals surface area (Å²) >= 11 is 12.1. The second-order valence-electron chi connectivity index (χ2n) is 4.28. The number of halogens is 2. The zero-order valence-electron chi connectivity index (χ0n) is 9.13. The summed E-state index contributed by atoms with van der Waals surface area (Å²) in [4.78, 5) is 4.25. The van der Waals surface area contributed by atoms with Gasteiger partial charge in [0.1, 0.15) is 5.82 Å². The van der Waals surface area contributed by atoms with E-state index in [9.17, 15) is 0 Å². The van der Waals surface area contributed by atoms with Crippen LogP contribution in [0.1, 0.15) is 25.7 Å². The van der Waals surface area contributed by atoms with Crippen molar-refractivity contribution in [3.8, 4) is 0 Å². The van der Waals surface area contributed by atoms with Gasteiger partial charge in [-0.15, -0.1) is 11.6 Å². The number of rotatable bonds is 3. The minimum Gasteiger partial charge on any atom is -0.366 e. The van der Waals surface area contributed by atoms with Gasteiger partial charge in [0.15, 0.2) is 0 Å². The SMILES string of the molecule is ClCC1CCCCC1Nc1ncccc1Cl. The molecule has 0 saturated heterocycles. The molecule has 4 heteroatoms. The van der Waals surface area contributed by atoms with Crippen molar-refractivity contribution in [2.24, 2.45) is 5.92 Å². The molecule has 2 atom stereocenters. The van der Waals surface area contributed by atoms with E-state index >= 15 is 0 Å². The quantitative estimate of drug-likeness (QED) is 0.831. The van der Waals surface area contributed by atoms with E-state index in [0.717, 1.165) is 12.2 Å². The van der Waals surface area contributed by atoms with Crippen LogP contribution < -0.4 is 5.32 Å². The molecule has 1 aromatic heterocycles. The maximum absolute atomic E-state index is 6.08. The topological polar surface area (TPSA) is 24.9 Å². The molecule has 1 heterocycles. The van der Waals surface area contributed by atoms with E-state index in [1.54, 1.807) is 6.20 Å². The van der Waals surface area contributed by atoms with Gasteiger partial charge in [0.25, 0.3) is 0 Å². The van der Waals surface area contributed by atoms with Gasteiger partial charge < -0.3 is 5.32 Å². The molecule has 1 aromatic rings. The van der Waals surface area contributed by atoms with E-state index < -0.39 is 0 Å². The molecule has 16 heavy (non-hydrogen) atoms. The first-order valence-electron chi connectivity index (χ1n) is 5.74. The van der Waals surface area contributed by atoms with Gasteiger partial charge in [-0.25, -0.2) is 4.98 Å². The molecular formula is C12H16Cl2N2. The molecule has 0 aliphatic heterocycles. The van der Waals surface area contributed by atoms with Crippen molar-refractivity contribution in [1.29, 1.82) is 0 Å². The largest absolute Gasteiger partial charge is 0.366 e. The van der Waals surface area contributed by atoms with Gasteiger partial charge in [-0.1, -0.05) is 24.4 Å². The van der Waals surface area contributed by atoms with Crippen LogP contribution in [0, 0.1) is 5.92 Å². The Hall–Kier alpha value is -0.470. The average Bonchev–Trinajstić information content (AvgIpc) is 2.33. The summed E-state index contributed by atoms with van der Waals surface area (Å²) < 4.78 is 0. The summed E-state index contributed by atoms with van der Waals surface area (Å²) in [5.74, 6) is 2.03. The monoisotopic (exact) mass is 258 g/mol. The van der Waals surface area contributed by atoms with Gasteiger partial charge in [0, 0.05) is 18.1 Å². The zero-order valence-corrected chi connectivity index (χ0v) is 10.6. The predicted octanol–water partition coefficient (Wildman–Crippen LogP) is 3.94. The van der Waals surface area contributed by atoms with E-state index in [0.29, 0.717) is 22.9 Å². The van der Waals surface area contributed by atoms with Gasteiger partial charge in [-0.2, -0.15) is 0 Å². The van der Waals surface area contributed by atoms with E-state index in [2.05, 4.69) is 10.3 Å². The lowest BCUT2D eigenvalue weighted by Gasteiger charge is -2.31. The number of nitrogens with one attached hydrogen (secondary N) is 1. The van der Waals surface area contributed by atoms with Crippen LogP contribution in [0.4, 0.5) is 5.82 Å². The predicted molar refractivity (Wildman–Crippen MR) is 69.3 cm³/mol. The minimum absolute atomic E-state index is 0.415. The van der Waals surface area contributed by atoms with Crippen molar-refractivity contribution in [3.63, 3.8) is 0 Å². The first kappa shape index (κ1) is 12.0. The summed E-state index contributed by atoms with van der Waals surface area (Å²) in [5, 5.41) is 4.10. The fourth-order valence-corrected chi connectivity index (χ4v) is 2.80. The molecule has 2 rings (SSSR count). The highest BCUT2D eigenvalue weighted by atomic mass is 35.5. The molecule has 0 bridgehead atoms. The molecule has 2 unspecified atom stereocenters. The Morgan fingerprint density at radius 1 is 1.38 bits per heavy atom. The Morgan fingerprint density at radius 2 is 2.19 bits per heavy atom. The van der Waals surface area contributed by atoms with Crippen LogP contribution >= 0.6 is 23.2 Å². The molecule has 2 nitrogen and oxygen atoms in total. The highest BCUT2D eigenvalue weighted by Crippen LogP contribution is 2.29.